The summed E-state index contributed by atoms with van der Waals surface area (Å²) >= 11 is 0. The van der Waals surface area contributed by atoms with E-state index in [1.165, 1.54) is 0 Å². The Morgan fingerprint density at radius 2 is 2.18 bits per heavy atom. The Morgan fingerprint density at radius 1 is 1.41 bits per heavy atom. The molecule has 0 spiro atoms. The fourth-order valence-electron chi connectivity index (χ4n) is 2.52. The predicted octanol–water partition coefficient (Wildman–Crippen LogP) is 2.93. The summed E-state index contributed by atoms with van der Waals surface area (Å²) in [5.41, 5.74) is 1.14. The Labute approximate surface area is 129 Å². The van der Waals surface area contributed by atoms with Gasteiger partial charge in [-0.1, -0.05) is 12.1 Å². The summed E-state index contributed by atoms with van der Waals surface area (Å²) in [7, 11) is 0. The van der Waals surface area contributed by atoms with Gasteiger partial charge in [-0.05, 0) is 39.3 Å². The maximum atomic E-state index is 11.8. The van der Waals surface area contributed by atoms with Crippen LogP contribution in [0.3, 0.4) is 0 Å². The number of carbonyl (C=O) groups is 1. The molecule has 1 aliphatic rings. The molecule has 1 amide bonds. The van der Waals surface area contributed by atoms with Gasteiger partial charge in [0.25, 0.3) is 6.01 Å². The van der Waals surface area contributed by atoms with E-state index < -0.39 is 5.60 Å². The van der Waals surface area contributed by atoms with Gasteiger partial charge in [0.05, 0.1) is 6.04 Å². The molecule has 2 heterocycles. The summed E-state index contributed by atoms with van der Waals surface area (Å²) in [5.74, 6) is 0. The van der Waals surface area contributed by atoms with Crippen molar-refractivity contribution in [1.29, 1.82) is 0 Å². The van der Waals surface area contributed by atoms with Crippen LogP contribution >= 0.6 is 0 Å². The molecule has 0 bridgehead atoms. The van der Waals surface area contributed by atoms with E-state index in [9.17, 15) is 4.79 Å². The maximum absolute atomic E-state index is 11.8. The Morgan fingerprint density at radius 3 is 2.91 bits per heavy atom. The minimum atomic E-state index is -0.483. The standard InChI is InChI=1S/C16H21N3O3/c1-16(2,3)22-15(20)17-11-8-9-19(10-11)14-18-12-6-4-5-7-13(12)21-14/h4-7,11H,8-10H2,1-3H3,(H,17,20)/t11-/m0/s1. The Hall–Kier alpha value is -2.24. The number of amides is 1. The highest BCUT2D eigenvalue weighted by Crippen LogP contribution is 2.24. The molecular formula is C16H21N3O3. The van der Waals surface area contributed by atoms with Gasteiger partial charge in [-0.3, -0.25) is 0 Å². The van der Waals surface area contributed by atoms with Crippen LogP contribution in [0.25, 0.3) is 11.1 Å². The van der Waals surface area contributed by atoms with Crippen LogP contribution in [-0.4, -0.2) is 35.8 Å². The number of hydrogen-bond acceptors (Lipinski definition) is 5. The molecule has 22 heavy (non-hydrogen) atoms. The van der Waals surface area contributed by atoms with Gasteiger partial charge in [-0.15, -0.1) is 0 Å². The number of para-hydroxylation sites is 2. The van der Waals surface area contributed by atoms with E-state index in [1.54, 1.807) is 0 Å². The number of oxazole rings is 1. The van der Waals surface area contributed by atoms with Crippen LogP contribution in [-0.2, 0) is 4.74 Å². The molecule has 1 aromatic heterocycles. The fourth-order valence-corrected chi connectivity index (χ4v) is 2.52. The third kappa shape index (κ3) is 3.32. The van der Waals surface area contributed by atoms with Gasteiger partial charge >= 0.3 is 6.09 Å². The predicted molar refractivity (Wildman–Crippen MR) is 84.0 cm³/mol. The number of ether oxygens (including phenoxy) is 1. The molecule has 1 aliphatic heterocycles. The van der Waals surface area contributed by atoms with Gasteiger partial charge in [0.1, 0.15) is 11.1 Å². The molecule has 1 aromatic carbocycles. The smallest absolute Gasteiger partial charge is 0.407 e. The van der Waals surface area contributed by atoms with E-state index in [4.69, 9.17) is 9.15 Å². The highest BCUT2D eigenvalue weighted by Gasteiger charge is 2.28. The van der Waals surface area contributed by atoms with E-state index in [2.05, 4.69) is 10.3 Å². The zero-order valence-corrected chi connectivity index (χ0v) is 13.1. The lowest BCUT2D eigenvalue weighted by atomic mass is 10.2. The Kier molecular flexibility index (Phi) is 3.68. The first-order valence-corrected chi connectivity index (χ1v) is 7.51. The lowest BCUT2D eigenvalue weighted by Crippen LogP contribution is -2.40. The molecule has 1 N–H and O–H groups in total. The van der Waals surface area contributed by atoms with Gasteiger partial charge in [0.15, 0.2) is 5.58 Å². The van der Waals surface area contributed by atoms with Crippen LogP contribution in [0.5, 0.6) is 0 Å². The molecule has 0 radical (unpaired) electrons. The van der Waals surface area contributed by atoms with Gasteiger partial charge in [-0.25, -0.2) is 4.79 Å². The van der Waals surface area contributed by atoms with Crippen molar-refractivity contribution in [2.24, 2.45) is 0 Å². The largest absolute Gasteiger partial charge is 0.444 e. The van der Waals surface area contributed by atoms with E-state index in [0.29, 0.717) is 12.6 Å². The summed E-state index contributed by atoms with van der Waals surface area (Å²) in [6, 6.07) is 8.34. The highest BCUT2D eigenvalue weighted by atomic mass is 16.6. The van der Waals surface area contributed by atoms with Crippen LogP contribution in [0.1, 0.15) is 27.2 Å². The number of nitrogens with zero attached hydrogens (tertiary/aromatic N) is 2. The van der Waals surface area contributed by atoms with Gasteiger partial charge < -0.3 is 19.4 Å². The monoisotopic (exact) mass is 303 g/mol. The number of fused-ring (bicyclic) bond motifs is 1. The van der Waals surface area contributed by atoms with Crippen molar-refractivity contribution >= 4 is 23.2 Å². The number of hydrogen-bond donors (Lipinski definition) is 1. The second kappa shape index (κ2) is 5.51. The number of benzene rings is 1. The van der Waals surface area contributed by atoms with Gasteiger partial charge in [0.2, 0.25) is 0 Å². The van der Waals surface area contributed by atoms with Gasteiger partial charge in [-0.2, -0.15) is 4.98 Å². The lowest BCUT2D eigenvalue weighted by Gasteiger charge is -2.21. The SMILES string of the molecule is CC(C)(C)OC(=O)N[C@H]1CCN(c2nc3ccccc3o2)C1. The topological polar surface area (TPSA) is 67.6 Å². The maximum Gasteiger partial charge on any atom is 0.407 e. The number of aromatic nitrogens is 1. The van der Waals surface area contributed by atoms with E-state index >= 15 is 0 Å². The first-order valence-electron chi connectivity index (χ1n) is 7.51. The van der Waals surface area contributed by atoms with Crippen molar-refractivity contribution in [3.8, 4) is 0 Å². The van der Waals surface area contributed by atoms with Crippen molar-refractivity contribution in [3.05, 3.63) is 24.3 Å². The Bertz CT molecular complexity index is 642. The summed E-state index contributed by atoms with van der Waals surface area (Å²) in [6.07, 6.45) is 0.467. The molecule has 0 aliphatic carbocycles. The van der Waals surface area contributed by atoms with Crippen LogP contribution in [0.4, 0.5) is 10.8 Å². The summed E-state index contributed by atoms with van der Waals surface area (Å²) < 4.78 is 11.0. The minimum Gasteiger partial charge on any atom is -0.444 e. The zero-order valence-electron chi connectivity index (χ0n) is 13.1. The van der Waals surface area contributed by atoms with E-state index in [-0.39, 0.29) is 12.1 Å². The molecule has 0 unspecified atom stereocenters. The quantitative estimate of drug-likeness (QED) is 0.924. The third-order valence-electron chi connectivity index (χ3n) is 3.46. The molecular weight excluding hydrogens is 282 g/mol. The number of alkyl carbamates (subject to hydrolysis) is 1. The molecule has 2 aromatic rings. The highest BCUT2D eigenvalue weighted by molar-refractivity contribution is 5.74. The molecule has 118 valence electrons. The second-order valence-corrected chi connectivity index (χ2v) is 6.54. The van der Waals surface area contributed by atoms with Crippen molar-refractivity contribution < 1.29 is 13.9 Å². The van der Waals surface area contributed by atoms with E-state index in [1.807, 2.05) is 49.9 Å². The van der Waals surface area contributed by atoms with Crippen LogP contribution in [0.2, 0.25) is 0 Å². The van der Waals surface area contributed by atoms with Crippen molar-refractivity contribution in [2.75, 3.05) is 18.0 Å². The number of anilines is 1. The molecule has 6 heteroatoms. The minimum absolute atomic E-state index is 0.0462. The van der Waals surface area contributed by atoms with Crippen molar-refractivity contribution in [3.63, 3.8) is 0 Å². The average molecular weight is 303 g/mol. The fraction of sp³-hybridized carbons (Fsp3) is 0.500. The molecule has 1 saturated heterocycles. The average Bonchev–Trinajstić information content (AvgIpc) is 3.01. The van der Waals surface area contributed by atoms with E-state index in [0.717, 1.165) is 24.1 Å². The molecule has 6 nitrogen and oxygen atoms in total. The summed E-state index contributed by atoms with van der Waals surface area (Å²) in [4.78, 5) is 18.3. The molecule has 0 saturated carbocycles. The van der Waals surface area contributed by atoms with Gasteiger partial charge in [0, 0.05) is 13.1 Å². The summed E-state index contributed by atoms with van der Waals surface area (Å²) in [6.45, 7) is 7.03. The zero-order chi connectivity index (χ0) is 15.7. The first kappa shape index (κ1) is 14.7. The van der Waals surface area contributed by atoms with Crippen LogP contribution in [0, 0.1) is 0 Å². The molecule has 1 fully saturated rings. The normalized spacial score (nSPS) is 18.7. The molecule has 3 rings (SSSR count). The Balaban J connectivity index is 1.61. The van der Waals surface area contributed by atoms with Crippen molar-refractivity contribution in [2.45, 2.75) is 38.8 Å². The first-order chi connectivity index (χ1) is 10.4. The number of rotatable bonds is 2. The summed E-state index contributed by atoms with van der Waals surface area (Å²) in [5, 5.41) is 2.90. The second-order valence-electron chi connectivity index (χ2n) is 6.54. The molecule has 1 atom stereocenters. The number of carbonyl (C=O) groups excluding carboxylic acids is 1. The number of nitrogens with one attached hydrogen (secondary N) is 1. The van der Waals surface area contributed by atoms with Crippen LogP contribution < -0.4 is 10.2 Å². The third-order valence-corrected chi connectivity index (χ3v) is 3.46. The lowest BCUT2D eigenvalue weighted by molar-refractivity contribution is 0.0509. The van der Waals surface area contributed by atoms with Crippen molar-refractivity contribution in [1.82, 2.24) is 10.3 Å². The van der Waals surface area contributed by atoms with Crippen LogP contribution in [0.15, 0.2) is 28.7 Å².